The number of likely N-dealkylation sites (tertiary alicyclic amines) is 1. The Kier molecular flexibility index (Phi) is 10.9. The molecule has 0 radical (unpaired) electrons. The number of alkyl halides is 6. The van der Waals surface area contributed by atoms with Crippen LogP contribution in [0.5, 0.6) is 0 Å². The highest BCUT2D eigenvalue weighted by atomic mass is 19.4. The molecule has 2 aromatic rings. The van der Waals surface area contributed by atoms with Gasteiger partial charge in [-0.15, -0.1) is 0 Å². The molecular formula is C23H30F6N4O6. The lowest BCUT2D eigenvalue weighted by Gasteiger charge is -2.31. The molecular weight excluding hydrogens is 542 g/mol. The predicted octanol–water partition coefficient (Wildman–Crippen LogP) is 3.31. The summed E-state index contributed by atoms with van der Waals surface area (Å²) in [5.41, 5.74) is 0.225. The lowest BCUT2D eigenvalue weighted by atomic mass is 9.87. The van der Waals surface area contributed by atoms with E-state index in [1.807, 2.05) is 25.4 Å². The number of furan rings is 1. The summed E-state index contributed by atoms with van der Waals surface area (Å²) in [6.07, 6.45) is -5.09. The van der Waals surface area contributed by atoms with Crippen LogP contribution in [0.3, 0.4) is 0 Å². The van der Waals surface area contributed by atoms with Crippen molar-refractivity contribution in [2.24, 2.45) is 12.5 Å². The van der Waals surface area contributed by atoms with E-state index in [2.05, 4.69) is 32.5 Å². The van der Waals surface area contributed by atoms with Crippen molar-refractivity contribution in [2.45, 2.75) is 38.8 Å². The molecule has 0 amide bonds. The van der Waals surface area contributed by atoms with E-state index >= 15 is 0 Å². The second kappa shape index (κ2) is 13.3. The topological polar surface area (TPSA) is 121 Å². The molecule has 2 N–H and O–H groups in total. The fourth-order valence-corrected chi connectivity index (χ4v) is 4.17. The van der Waals surface area contributed by atoms with Crippen LogP contribution < -0.4 is 0 Å². The van der Waals surface area contributed by atoms with Crippen molar-refractivity contribution in [1.82, 2.24) is 19.4 Å². The number of aryl methyl sites for hydroxylation is 2. The summed E-state index contributed by atoms with van der Waals surface area (Å²) in [6, 6.07) is 4.14. The van der Waals surface area contributed by atoms with Crippen molar-refractivity contribution in [1.29, 1.82) is 0 Å². The molecule has 4 rings (SSSR count). The lowest BCUT2D eigenvalue weighted by molar-refractivity contribution is -0.193. The van der Waals surface area contributed by atoms with Crippen LogP contribution in [0.25, 0.3) is 0 Å². The average Bonchev–Trinajstić information content (AvgIpc) is 3.48. The monoisotopic (exact) mass is 572 g/mol. The van der Waals surface area contributed by atoms with E-state index in [4.69, 9.17) is 29.0 Å². The van der Waals surface area contributed by atoms with Gasteiger partial charge in [0.15, 0.2) is 0 Å². The summed E-state index contributed by atoms with van der Waals surface area (Å²) in [5, 5.41) is 14.2. The molecule has 2 aliphatic heterocycles. The Bertz CT molecular complexity index is 1060. The maximum absolute atomic E-state index is 10.6. The van der Waals surface area contributed by atoms with Crippen LogP contribution in [-0.4, -0.2) is 93.2 Å². The van der Waals surface area contributed by atoms with Crippen LogP contribution >= 0.6 is 0 Å². The molecule has 0 saturated carbocycles. The van der Waals surface area contributed by atoms with Gasteiger partial charge >= 0.3 is 24.3 Å². The van der Waals surface area contributed by atoms with E-state index in [1.54, 1.807) is 0 Å². The molecule has 1 spiro atoms. The van der Waals surface area contributed by atoms with Crippen molar-refractivity contribution >= 4 is 11.9 Å². The van der Waals surface area contributed by atoms with Gasteiger partial charge in [-0.1, -0.05) is 0 Å². The smallest absolute Gasteiger partial charge is 0.475 e. The number of ether oxygens (including phenoxy) is 1. The minimum Gasteiger partial charge on any atom is -0.475 e. The number of halogens is 6. The number of aromatic nitrogens is 2. The lowest BCUT2D eigenvalue weighted by Crippen LogP contribution is -2.40. The van der Waals surface area contributed by atoms with E-state index < -0.39 is 24.3 Å². The average molecular weight is 573 g/mol. The third kappa shape index (κ3) is 10.5. The number of hydrogen-bond donors (Lipinski definition) is 2. The molecule has 0 aromatic carbocycles. The summed E-state index contributed by atoms with van der Waals surface area (Å²) in [5.74, 6) is -2.34. The Hall–Kier alpha value is -3.11. The third-order valence-corrected chi connectivity index (χ3v) is 5.98. The van der Waals surface area contributed by atoms with Gasteiger partial charge in [0.2, 0.25) is 0 Å². The van der Waals surface area contributed by atoms with Gasteiger partial charge in [0.05, 0.1) is 26.3 Å². The first-order chi connectivity index (χ1) is 18.0. The maximum Gasteiger partial charge on any atom is 0.490 e. The van der Waals surface area contributed by atoms with Crippen LogP contribution in [0.1, 0.15) is 23.8 Å². The van der Waals surface area contributed by atoms with Crippen LogP contribution in [0.2, 0.25) is 0 Å². The second-order valence-electron chi connectivity index (χ2n) is 9.30. The fraction of sp³-hybridized carbons (Fsp3) is 0.609. The van der Waals surface area contributed by atoms with Crippen LogP contribution in [0, 0.1) is 12.3 Å². The number of aliphatic carboxylic acids is 2. The number of hydrogen-bond acceptors (Lipinski definition) is 7. The molecule has 1 atom stereocenters. The molecule has 2 fully saturated rings. The molecule has 220 valence electrons. The number of carbonyl (C=O) groups is 2. The number of carboxylic acid groups (broad SMARTS) is 2. The Balaban J connectivity index is 0.000000317. The quantitative estimate of drug-likeness (QED) is 0.532. The molecule has 2 saturated heterocycles. The van der Waals surface area contributed by atoms with Crippen LogP contribution in [0.4, 0.5) is 26.3 Å². The number of nitrogens with zero attached hydrogens (tertiary/aromatic N) is 4. The van der Waals surface area contributed by atoms with E-state index in [0.717, 1.165) is 69.8 Å². The van der Waals surface area contributed by atoms with Gasteiger partial charge in [0.25, 0.3) is 0 Å². The fourth-order valence-electron chi connectivity index (χ4n) is 4.17. The zero-order chi connectivity index (χ0) is 29.4. The Labute approximate surface area is 219 Å². The van der Waals surface area contributed by atoms with E-state index in [9.17, 15) is 26.3 Å². The van der Waals surface area contributed by atoms with E-state index in [0.29, 0.717) is 0 Å². The molecule has 4 heterocycles. The summed E-state index contributed by atoms with van der Waals surface area (Å²) in [6.45, 7) is 9.70. The van der Waals surface area contributed by atoms with Gasteiger partial charge in [0, 0.05) is 44.5 Å². The SMILES string of the molecule is Cc1ccc(CN2CCOCC3(CCN(Cc4nccn4C)C3)C2)o1.O=C(O)C(F)(F)F.O=C(O)C(F)(F)F. The van der Waals surface area contributed by atoms with Gasteiger partial charge in [0.1, 0.15) is 17.3 Å². The largest absolute Gasteiger partial charge is 0.490 e. The van der Waals surface area contributed by atoms with Crippen LogP contribution in [0.15, 0.2) is 28.9 Å². The first-order valence-electron chi connectivity index (χ1n) is 11.6. The number of carboxylic acids is 2. The summed E-state index contributed by atoms with van der Waals surface area (Å²) < 4.78 is 77.4. The molecule has 10 nitrogen and oxygen atoms in total. The molecule has 39 heavy (non-hydrogen) atoms. The highest BCUT2D eigenvalue weighted by Gasteiger charge is 2.41. The van der Waals surface area contributed by atoms with E-state index in [-0.39, 0.29) is 5.41 Å². The van der Waals surface area contributed by atoms with Gasteiger partial charge in [-0.25, -0.2) is 14.6 Å². The standard InChI is InChI=1S/C19H28N4O2.2C2HF3O2/c1-16-3-4-17(25-16)11-23-9-10-24-15-19(14-23)5-7-22(13-19)12-18-20-6-8-21(18)2;2*3-2(4,5)1(6)7/h3-4,6,8H,5,7,9-15H2,1-2H3;2*(H,6,7). The zero-order valence-electron chi connectivity index (χ0n) is 21.3. The molecule has 16 heteroatoms. The minimum atomic E-state index is -5.08. The van der Waals surface area contributed by atoms with Crippen molar-refractivity contribution in [3.05, 3.63) is 41.9 Å². The van der Waals surface area contributed by atoms with Crippen molar-refractivity contribution in [3.8, 4) is 0 Å². The van der Waals surface area contributed by atoms with Gasteiger partial charge < -0.3 is 23.9 Å². The van der Waals surface area contributed by atoms with E-state index in [1.165, 1.54) is 6.42 Å². The highest BCUT2D eigenvalue weighted by Crippen LogP contribution is 2.34. The Morgan fingerprint density at radius 2 is 1.56 bits per heavy atom. The number of imidazole rings is 1. The first kappa shape index (κ1) is 32.1. The molecule has 1 unspecified atom stereocenters. The normalized spacial score (nSPS) is 20.5. The summed E-state index contributed by atoms with van der Waals surface area (Å²) >= 11 is 0. The molecule has 2 aromatic heterocycles. The van der Waals surface area contributed by atoms with Gasteiger partial charge in [-0.05, 0) is 32.0 Å². The zero-order valence-corrected chi connectivity index (χ0v) is 21.3. The first-order valence-corrected chi connectivity index (χ1v) is 11.6. The highest BCUT2D eigenvalue weighted by molar-refractivity contribution is 5.73. The molecule has 0 bridgehead atoms. The van der Waals surface area contributed by atoms with Gasteiger partial charge in [-0.2, -0.15) is 26.3 Å². The van der Waals surface area contributed by atoms with Crippen molar-refractivity contribution in [3.63, 3.8) is 0 Å². The van der Waals surface area contributed by atoms with Crippen LogP contribution in [-0.2, 0) is 34.5 Å². The minimum absolute atomic E-state index is 0.225. The van der Waals surface area contributed by atoms with Gasteiger partial charge in [-0.3, -0.25) is 9.80 Å². The maximum atomic E-state index is 10.6. The second-order valence-corrected chi connectivity index (χ2v) is 9.30. The molecule has 2 aliphatic rings. The molecule has 0 aliphatic carbocycles. The third-order valence-electron chi connectivity index (χ3n) is 5.98. The van der Waals surface area contributed by atoms with Crippen molar-refractivity contribution in [2.75, 3.05) is 39.4 Å². The summed E-state index contributed by atoms with van der Waals surface area (Å²) in [7, 11) is 2.07. The Morgan fingerprint density at radius 1 is 1.00 bits per heavy atom. The summed E-state index contributed by atoms with van der Waals surface area (Å²) in [4.78, 5) is 27.3. The van der Waals surface area contributed by atoms with Crippen molar-refractivity contribution < 1.29 is 55.3 Å². The predicted molar refractivity (Wildman–Crippen MR) is 122 cm³/mol. The number of rotatable bonds is 4. The Morgan fingerprint density at radius 3 is 2.03 bits per heavy atom.